The lowest BCUT2D eigenvalue weighted by Crippen LogP contribution is -1.99. The molecule has 0 heterocycles. The summed E-state index contributed by atoms with van der Waals surface area (Å²) in [5, 5.41) is 22.1. The van der Waals surface area contributed by atoms with Crippen molar-refractivity contribution in [1.82, 2.24) is 0 Å². The van der Waals surface area contributed by atoms with E-state index in [9.17, 15) is 25.0 Å². The normalized spacial score (nSPS) is 12.5. The third-order valence-corrected chi connectivity index (χ3v) is 4.13. The Hall–Kier alpha value is -2.31. The van der Waals surface area contributed by atoms with Crippen LogP contribution < -0.4 is 0 Å². The number of hydrogen-bond acceptors (Lipinski definition) is 5. The van der Waals surface area contributed by atoms with Crippen LogP contribution in [0.5, 0.6) is 0 Å². The van der Waals surface area contributed by atoms with Gasteiger partial charge in [-0.25, -0.2) is 0 Å². The van der Waals surface area contributed by atoms with Crippen molar-refractivity contribution in [3.63, 3.8) is 0 Å². The molecule has 0 aliphatic heterocycles. The molecule has 152 valence electrons. The van der Waals surface area contributed by atoms with Gasteiger partial charge in [0.1, 0.15) is 6.29 Å². The Morgan fingerprint density at radius 2 is 1.22 bits per heavy atom. The smallest absolute Gasteiger partial charge is 0.246 e. The van der Waals surface area contributed by atoms with E-state index < -0.39 is 4.92 Å². The van der Waals surface area contributed by atoms with Crippen molar-refractivity contribution in [3.8, 4) is 0 Å². The van der Waals surface area contributed by atoms with Crippen LogP contribution in [0.25, 0.3) is 0 Å². The van der Waals surface area contributed by atoms with Gasteiger partial charge in [-0.3, -0.25) is 20.2 Å². The van der Waals surface area contributed by atoms with Crippen LogP contribution in [0.1, 0.15) is 84.0 Å². The van der Waals surface area contributed by atoms with Crippen LogP contribution >= 0.6 is 0 Å². The van der Waals surface area contributed by atoms with E-state index in [2.05, 4.69) is 6.92 Å². The number of aldehydes is 1. The van der Waals surface area contributed by atoms with Gasteiger partial charge in [-0.15, -0.1) is 0 Å². The fourth-order valence-electron chi connectivity index (χ4n) is 2.54. The third kappa shape index (κ3) is 14.5. The summed E-state index contributed by atoms with van der Waals surface area (Å²) in [6.07, 6.45) is 16.4. The maximum absolute atomic E-state index is 11.1. The molecule has 27 heavy (non-hydrogen) atoms. The van der Waals surface area contributed by atoms with Gasteiger partial charge >= 0.3 is 0 Å². The SMILES string of the molecule is CCCCCCCC/C=C(\C/C=C\C/C(=C\CCCC=O)[N+](=O)[O-])[N+](=O)[O-]. The van der Waals surface area contributed by atoms with Gasteiger partial charge in [0.15, 0.2) is 0 Å². The Bertz CT molecular complexity index is 538. The fraction of sp³-hybridized carbons (Fsp3) is 0.650. The molecule has 0 aromatic carbocycles. The van der Waals surface area contributed by atoms with Crippen LogP contribution in [-0.2, 0) is 4.79 Å². The number of nitro groups is 2. The van der Waals surface area contributed by atoms with Crippen molar-refractivity contribution >= 4 is 6.29 Å². The molecule has 0 saturated heterocycles. The van der Waals surface area contributed by atoms with Gasteiger partial charge < -0.3 is 4.79 Å². The lowest BCUT2D eigenvalue weighted by atomic mass is 10.1. The van der Waals surface area contributed by atoms with E-state index in [1.165, 1.54) is 25.3 Å². The first-order chi connectivity index (χ1) is 13.0. The minimum atomic E-state index is -0.450. The summed E-state index contributed by atoms with van der Waals surface area (Å²) in [7, 11) is 0. The van der Waals surface area contributed by atoms with Gasteiger partial charge in [0.2, 0.25) is 11.4 Å². The highest BCUT2D eigenvalue weighted by molar-refractivity contribution is 5.49. The molecule has 0 aromatic rings. The number of rotatable bonds is 17. The summed E-state index contributed by atoms with van der Waals surface area (Å²) in [6, 6.07) is 0. The number of hydrogen-bond donors (Lipinski definition) is 0. The van der Waals surface area contributed by atoms with Crippen molar-refractivity contribution in [1.29, 1.82) is 0 Å². The van der Waals surface area contributed by atoms with Gasteiger partial charge in [0.25, 0.3) is 0 Å². The molecule has 0 spiro atoms. The minimum Gasteiger partial charge on any atom is -0.303 e. The van der Waals surface area contributed by atoms with Gasteiger partial charge in [-0.1, -0.05) is 51.2 Å². The van der Waals surface area contributed by atoms with E-state index >= 15 is 0 Å². The Kier molecular flexibility index (Phi) is 15.7. The van der Waals surface area contributed by atoms with Crippen LogP contribution in [0.4, 0.5) is 0 Å². The van der Waals surface area contributed by atoms with Crippen molar-refractivity contribution < 1.29 is 14.6 Å². The van der Waals surface area contributed by atoms with E-state index in [0.717, 1.165) is 25.5 Å². The molecular weight excluding hydrogens is 348 g/mol. The number of allylic oxidation sites excluding steroid dienone is 4. The summed E-state index contributed by atoms with van der Waals surface area (Å²) >= 11 is 0. The molecule has 0 fully saturated rings. The predicted octanol–water partition coefficient (Wildman–Crippen LogP) is 5.76. The van der Waals surface area contributed by atoms with Crippen LogP contribution in [0.15, 0.2) is 35.7 Å². The molecule has 7 heteroatoms. The van der Waals surface area contributed by atoms with Crippen molar-refractivity contribution in [2.45, 2.75) is 84.0 Å². The second kappa shape index (κ2) is 17.1. The molecule has 0 N–H and O–H groups in total. The van der Waals surface area contributed by atoms with Gasteiger partial charge in [0, 0.05) is 6.42 Å². The second-order valence-electron chi connectivity index (χ2n) is 6.44. The van der Waals surface area contributed by atoms with E-state index in [1.54, 1.807) is 18.2 Å². The van der Waals surface area contributed by atoms with Crippen molar-refractivity contribution in [2.75, 3.05) is 0 Å². The molecule has 0 aliphatic rings. The average molecular weight is 380 g/mol. The molecule has 0 aliphatic carbocycles. The average Bonchev–Trinajstić information content (AvgIpc) is 2.63. The topological polar surface area (TPSA) is 103 Å². The third-order valence-electron chi connectivity index (χ3n) is 4.13. The second-order valence-corrected chi connectivity index (χ2v) is 6.44. The Morgan fingerprint density at radius 3 is 1.70 bits per heavy atom. The Balaban J connectivity index is 4.36. The number of unbranched alkanes of at least 4 members (excludes halogenated alkanes) is 8. The Labute approximate surface area is 161 Å². The summed E-state index contributed by atoms with van der Waals surface area (Å²) in [6.45, 7) is 2.16. The van der Waals surface area contributed by atoms with E-state index in [4.69, 9.17) is 0 Å². The zero-order valence-electron chi connectivity index (χ0n) is 16.3. The number of nitrogens with zero attached hydrogens (tertiary/aromatic N) is 2. The Morgan fingerprint density at radius 1 is 0.741 bits per heavy atom. The van der Waals surface area contributed by atoms with Gasteiger partial charge in [0.05, 0.1) is 22.7 Å². The van der Waals surface area contributed by atoms with Crippen LogP contribution in [-0.4, -0.2) is 16.1 Å². The van der Waals surface area contributed by atoms with Crippen LogP contribution in [0.3, 0.4) is 0 Å². The molecule has 0 saturated carbocycles. The van der Waals surface area contributed by atoms with E-state index in [-0.39, 0.29) is 29.2 Å². The lowest BCUT2D eigenvalue weighted by molar-refractivity contribution is -0.427. The fourth-order valence-corrected chi connectivity index (χ4v) is 2.54. The van der Waals surface area contributed by atoms with Crippen molar-refractivity contribution in [3.05, 3.63) is 55.9 Å². The van der Waals surface area contributed by atoms with Gasteiger partial charge in [-0.05, 0) is 37.8 Å². The molecule has 0 aromatic heterocycles. The van der Waals surface area contributed by atoms with Crippen molar-refractivity contribution in [2.24, 2.45) is 0 Å². The van der Waals surface area contributed by atoms with E-state index in [1.807, 2.05) is 0 Å². The molecule has 0 bridgehead atoms. The first kappa shape index (κ1) is 24.7. The quantitative estimate of drug-likeness (QED) is 0.105. The summed E-state index contributed by atoms with van der Waals surface area (Å²) in [5.41, 5.74) is 0.188. The molecule has 7 nitrogen and oxygen atoms in total. The first-order valence-corrected chi connectivity index (χ1v) is 9.78. The molecule has 0 atom stereocenters. The highest BCUT2D eigenvalue weighted by atomic mass is 16.6. The zero-order chi connectivity index (χ0) is 20.3. The first-order valence-electron chi connectivity index (χ1n) is 9.78. The van der Waals surface area contributed by atoms with Crippen LogP contribution in [0, 0.1) is 20.2 Å². The maximum Gasteiger partial charge on any atom is 0.246 e. The highest BCUT2D eigenvalue weighted by Crippen LogP contribution is 2.12. The predicted molar refractivity (Wildman–Crippen MR) is 106 cm³/mol. The van der Waals surface area contributed by atoms with E-state index in [0.29, 0.717) is 25.7 Å². The number of carbonyl (C=O) groups excluding carboxylic acids is 1. The monoisotopic (exact) mass is 380 g/mol. The standard InChI is InChI=1S/C20H32N2O5/c1-2-3-4-5-6-7-9-14-19(21(24)25)16-11-12-17-20(22(26)27)15-10-8-13-18-23/h11-12,14-15,18H,2-10,13,16-17H2,1H3/b12-11-,19-14+,20-15+. The summed E-state index contributed by atoms with van der Waals surface area (Å²) in [4.78, 5) is 31.5. The maximum atomic E-state index is 11.1. The molecule has 0 amide bonds. The zero-order valence-corrected chi connectivity index (χ0v) is 16.3. The lowest BCUT2D eigenvalue weighted by Gasteiger charge is -1.99. The molecule has 0 radical (unpaired) electrons. The largest absolute Gasteiger partial charge is 0.303 e. The molecule has 0 unspecified atom stereocenters. The summed E-state index contributed by atoms with van der Waals surface area (Å²) < 4.78 is 0. The summed E-state index contributed by atoms with van der Waals surface area (Å²) in [5.74, 6) is 0. The van der Waals surface area contributed by atoms with Gasteiger partial charge in [-0.2, -0.15) is 0 Å². The highest BCUT2D eigenvalue weighted by Gasteiger charge is 2.09. The molecular formula is C20H32N2O5. The van der Waals surface area contributed by atoms with Crippen LogP contribution in [0.2, 0.25) is 0 Å². The number of carbonyl (C=O) groups is 1. The minimum absolute atomic E-state index is 0.0517. The molecule has 0 rings (SSSR count).